The minimum absolute atomic E-state index is 0.259. The second-order valence-electron chi connectivity index (χ2n) is 9.54. The van der Waals surface area contributed by atoms with Crippen LogP contribution in [0.1, 0.15) is 70.3 Å². The Kier molecular flexibility index (Phi) is 8.54. The van der Waals surface area contributed by atoms with Gasteiger partial charge in [-0.1, -0.05) is 19.3 Å². The molecule has 0 radical (unpaired) electrons. The quantitative estimate of drug-likeness (QED) is 0.466. The van der Waals surface area contributed by atoms with E-state index < -0.39 is 0 Å². The molecule has 2 saturated heterocycles. The van der Waals surface area contributed by atoms with Crippen molar-refractivity contribution < 1.29 is 14.4 Å². The number of likely N-dealkylation sites (tertiary alicyclic amines) is 1. The first-order valence-corrected chi connectivity index (χ1v) is 12.4. The lowest BCUT2D eigenvalue weighted by Gasteiger charge is -2.26. The van der Waals surface area contributed by atoms with Crippen LogP contribution < -0.4 is 10.8 Å². The molecule has 1 aliphatic carbocycles. The van der Waals surface area contributed by atoms with Gasteiger partial charge in [0.2, 0.25) is 0 Å². The summed E-state index contributed by atoms with van der Waals surface area (Å²) in [6.45, 7) is 5.99. The first-order valence-electron chi connectivity index (χ1n) is 12.4. The van der Waals surface area contributed by atoms with Crippen LogP contribution in [0.4, 0.5) is 5.82 Å². The zero-order valence-corrected chi connectivity index (χ0v) is 19.4. The topological polar surface area (TPSA) is 75.7 Å². The van der Waals surface area contributed by atoms with Gasteiger partial charge in [0, 0.05) is 50.5 Å². The van der Waals surface area contributed by atoms with E-state index >= 15 is 0 Å². The Morgan fingerprint density at radius 2 is 2.03 bits per heavy atom. The van der Waals surface area contributed by atoms with Gasteiger partial charge in [0.25, 0.3) is 5.91 Å². The first kappa shape index (κ1) is 23.2. The van der Waals surface area contributed by atoms with Crippen LogP contribution in [0.5, 0.6) is 0 Å². The molecule has 176 valence electrons. The molecule has 32 heavy (non-hydrogen) atoms. The highest BCUT2D eigenvalue weighted by molar-refractivity contribution is 5.96. The minimum Gasteiger partial charge on any atom is -0.366 e. The Morgan fingerprint density at radius 3 is 2.78 bits per heavy atom. The number of nitrogens with one attached hydrogen (secondary N) is 2. The largest absolute Gasteiger partial charge is 0.366 e. The molecule has 3 aliphatic rings. The number of carbonyl (C=O) groups excluding carboxylic acids is 1. The number of hydrogen-bond donors (Lipinski definition) is 2. The highest BCUT2D eigenvalue weighted by Crippen LogP contribution is 2.26. The van der Waals surface area contributed by atoms with Crippen molar-refractivity contribution >= 4 is 17.8 Å². The molecule has 2 atom stereocenters. The predicted octanol–water partition coefficient (Wildman–Crippen LogP) is 4.13. The lowest BCUT2D eigenvalue weighted by Crippen LogP contribution is -2.33. The van der Waals surface area contributed by atoms with Crippen LogP contribution in [-0.4, -0.2) is 54.4 Å². The van der Waals surface area contributed by atoms with Crippen molar-refractivity contribution in [3.05, 3.63) is 29.5 Å². The van der Waals surface area contributed by atoms with Gasteiger partial charge in [-0.05, 0) is 68.7 Å². The van der Waals surface area contributed by atoms with Crippen molar-refractivity contribution in [2.75, 3.05) is 31.6 Å². The Balaban J connectivity index is 1.20. The van der Waals surface area contributed by atoms with Crippen LogP contribution in [0.3, 0.4) is 0 Å². The number of anilines is 1. The van der Waals surface area contributed by atoms with E-state index in [0.717, 1.165) is 43.1 Å². The van der Waals surface area contributed by atoms with Gasteiger partial charge in [0.15, 0.2) is 6.29 Å². The summed E-state index contributed by atoms with van der Waals surface area (Å²) in [7, 11) is 0. The van der Waals surface area contributed by atoms with Crippen LogP contribution in [0.15, 0.2) is 23.9 Å². The Hall–Kier alpha value is -1.96. The van der Waals surface area contributed by atoms with Crippen LogP contribution in [0.25, 0.3) is 6.08 Å². The molecule has 2 N–H and O–H groups in total. The highest BCUT2D eigenvalue weighted by atomic mass is 16.8. The maximum absolute atomic E-state index is 12.3. The van der Waals surface area contributed by atoms with E-state index in [9.17, 15) is 4.79 Å². The predicted molar refractivity (Wildman–Crippen MR) is 126 cm³/mol. The average molecular weight is 443 g/mol. The second-order valence-corrected chi connectivity index (χ2v) is 9.54. The Labute approximate surface area is 191 Å². The molecule has 1 amide bonds. The molecule has 3 fully saturated rings. The van der Waals surface area contributed by atoms with Crippen molar-refractivity contribution in [3.63, 3.8) is 0 Å². The molecular weight excluding hydrogens is 404 g/mol. The van der Waals surface area contributed by atoms with Gasteiger partial charge in [-0.25, -0.2) is 15.3 Å². The summed E-state index contributed by atoms with van der Waals surface area (Å²) in [6, 6.07) is 4.44. The van der Waals surface area contributed by atoms with Gasteiger partial charge in [0.1, 0.15) is 5.82 Å². The maximum atomic E-state index is 12.3. The van der Waals surface area contributed by atoms with Gasteiger partial charge in [-0.3, -0.25) is 4.79 Å². The van der Waals surface area contributed by atoms with E-state index in [-0.39, 0.29) is 12.2 Å². The highest BCUT2D eigenvalue weighted by Gasteiger charge is 2.25. The average Bonchev–Trinajstić information content (AvgIpc) is 3.26. The standard InChI is InChI=1S/C25H38N4O3/c1-19(25(30)28-32-24-9-5-6-14-31-24)15-21-10-11-23(26-16-21)27-22-12-13-29(18-22)17-20-7-3-2-4-8-20/h10-11,15-16,20,22,24H,2-9,12-14,17-18H2,1H3,(H,26,27)(H,28,30)/b19-15+/t22-,24?/m1/s1. The van der Waals surface area contributed by atoms with E-state index in [0.29, 0.717) is 18.2 Å². The summed E-state index contributed by atoms with van der Waals surface area (Å²) < 4.78 is 5.46. The van der Waals surface area contributed by atoms with E-state index in [1.807, 2.05) is 18.2 Å². The van der Waals surface area contributed by atoms with E-state index in [1.165, 1.54) is 51.6 Å². The smallest absolute Gasteiger partial charge is 0.270 e. The third-order valence-electron chi connectivity index (χ3n) is 6.81. The fraction of sp³-hybridized carbons (Fsp3) is 0.680. The van der Waals surface area contributed by atoms with Gasteiger partial charge in [-0.2, -0.15) is 0 Å². The zero-order valence-electron chi connectivity index (χ0n) is 19.4. The molecule has 0 spiro atoms. The van der Waals surface area contributed by atoms with Crippen molar-refractivity contribution in [1.82, 2.24) is 15.4 Å². The second kappa shape index (κ2) is 11.8. The van der Waals surface area contributed by atoms with Crippen molar-refractivity contribution in [3.8, 4) is 0 Å². The number of ether oxygens (including phenoxy) is 1. The maximum Gasteiger partial charge on any atom is 0.270 e. The Morgan fingerprint density at radius 1 is 1.19 bits per heavy atom. The molecule has 1 saturated carbocycles. The lowest BCUT2D eigenvalue weighted by atomic mass is 9.89. The third kappa shape index (κ3) is 7.02. The fourth-order valence-corrected chi connectivity index (χ4v) is 4.96. The monoisotopic (exact) mass is 442 g/mol. The molecule has 7 heteroatoms. The molecule has 4 rings (SSSR count). The summed E-state index contributed by atoms with van der Waals surface area (Å²) >= 11 is 0. The zero-order chi connectivity index (χ0) is 22.2. The molecule has 1 aromatic heterocycles. The molecule has 1 unspecified atom stereocenters. The minimum atomic E-state index is -0.346. The van der Waals surface area contributed by atoms with Crippen LogP contribution in [0.2, 0.25) is 0 Å². The van der Waals surface area contributed by atoms with Crippen molar-refractivity contribution in [1.29, 1.82) is 0 Å². The van der Waals surface area contributed by atoms with E-state index in [4.69, 9.17) is 9.57 Å². The molecule has 1 aromatic rings. The molecule has 0 bridgehead atoms. The van der Waals surface area contributed by atoms with Gasteiger partial charge in [0.05, 0.1) is 0 Å². The normalized spacial score (nSPS) is 25.6. The summed E-state index contributed by atoms with van der Waals surface area (Å²) in [5, 5.41) is 3.58. The van der Waals surface area contributed by atoms with Gasteiger partial charge < -0.3 is 15.0 Å². The molecular formula is C25H38N4O3. The Bertz CT molecular complexity index is 755. The summed E-state index contributed by atoms with van der Waals surface area (Å²) in [5.41, 5.74) is 3.95. The molecule has 0 aromatic carbocycles. The molecule has 7 nitrogen and oxygen atoms in total. The van der Waals surface area contributed by atoms with Crippen LogP contribution in [0, 0.1) is 5.92 Å². The summed E-state index contributed by atoms with van der Waals surface area (Å²) in [4.78, 5) is 24.8. The van der Waals surface area contributed by atoms with Crippen molar-refractivity contribution in [2.24, 2.45) is 5.92 Å². The number of aromatic nitrogens is 1. The number of hydroxylamine groups is 1. The number of rotatable bonds is 8. The van der Waals surface area contributed by atoms with Crippen LogP contribution >= 0.6 is 0 Å². The fourth-order valence-electron chi connectivity index (χ4n) is 4.96. The van der Waals surface area contributed by atoms with Gasteiger partial charge in [-0.15, -0.1) is 0 Å². The number of hydrogen-bond acceptors (Lipinski definition) is 6. The number of pyridine rings is 1. The third-order valence-corrected chi connectivity index (χ3v) is 6.81. The molecule has 3 heterocycles. The van der Waals surface area contributed by atoms with Crippen LogP contribution in [-0.2, 0) is 14.4 Å². The number of nitrogens with zero attached hydrogens (tertiary/aromatic N) is 2. The first-order chi connectivity index (χ1) is 15.7. The number of carbonyl (C=O) groups is 1. The molecule has 2 aliphatic heterocycles. The van der Waals surface area contributed by atoms with E-state index in [1.54, 1.807) is 13.1 Å². The summed E-state index contributed by atoms with van der Waals surface area (Å²) in [5.74, 6) is 1.53. The van der Waals surface area contributed by atoms with Gasteiger partial charge >= 0.3 is 0 Å². The van der Waals surface area contributed by atoms with E-state index in [2.05, 4.69) is 20.7 Å². The lowest BCUT2D eigenvalue weighted by molar-refractivity contribution is -0.198. The summed E-state index contributed by atoms with van der Waals surface area (Å²) in [6.07, 6.45) is 14.4. The number of amides is 1. The van der Waals surface area contributed by atoms with Crippen molar-refractivity contribution in [2.45, 2.75) is 77.0 Å². The SMILES string of the molecule is C/C(=C\c1ccc(N[C@@H]2CCN(CC3CCCCC3)C2)nc1)C(=O)NOC1CCCCO1.